The van der Waals surface area contributed by atoms with E-state index in [0.717, 1.165) is 63.9 Å². The molecule has 2 aliphatic rings. The van der Waals surface area contributed by atoms with Crippen molar-refractivity contribution in [2.45, 2.75) is 33.1 Å². The summed E-state index contributed by atoms with van der Waals surface area (Å²) in [4.78, 5) is 16.8. The zero-order valence-corrected chi connectivity index (χ0v) is 24.0. The molecule has 1 saturated heterocycles. The van der Waals surface area contributed by atoms with Crippen LogP contribution in [0.1, 0.15) is 49.0 Å². The first-order valence-corrected chi connectivity index (χ1v) is 15.3. The van der Waals surface area contributed by atoms with Gasteiger partial charge in [0.25, 0.3) is 10.1 Å². The minimum absolute atomic E-state index is 0.193. The normalized spacial score (nSPS) is 21.0. The van der Waals surface area contributed by atoms with Crippen LogP contribution >= 0.6 is 11.6 Å². The van der Waals surface area contributed by atoms with Crippen molar-refractivity contribution in [3.05, 3.63) is 70.3 Å². The van der Waals surface area contributed by atoms with Gasteiger partial charge in [0.2, 0.25) is 0 Å². The van der Waals surface area contributed by atoms with Gasteiger partial charge in [-0.3, -0.25) is 9.08 Å². The van der Waals surface area contributed by atoms with E-state index in [0.29, 0.717) is 17.2 Å². The molecular formula is C29H37ClN2O5S. The minimum Gasteiger partial charge on any atom is -0.462 e. The van der Waals surface area contributed by atoms with E-state index in [9.17, 15) is 13.2 Å². The number of carbonyl (C=O) groups is 1. The van der Waals surface area contributed by atoms with Crippen LogP contribution in [0.2, 0.25) is 5.02 Å². The van der Waals surface area contributed by atoms with Gasteiger partial charge < -0.3 is 9.64 Å². The van der Waals surface area contributed by atoms with Crippen molar-refractivity contribution >= 4 is 38.9 Å². The topological polar surface area (TPSA) is 76.2 Å². The first kappa shape index (κ1) is 28.6. The lowest BCUT2D eigenvalue weighted by atomic mass is 9.72. The van der Waals surface area contributed by atoms with E-state index in [1.807, 2.05) is 36.4 Å². The van der Waals surface area contributed by atoms with Gasteiger partial charge in [0.05, 0.1) is 25.0 Å². The van der Waals surface area contributed by atoms with Gasteiger partial charge in [-0.15, -0.1) is 0 Å². The highest BCUT2D eigenvalue weighted by Crippen LogP contribution is 2.43. The fourth-order valence-corrected chi connectivity index (χ4v) is 5.92. The number of hydrogen-bond donors (Lipinski definition) is 0. The maximum atomic E-state index is 12.0. The maximum Gasteiger partial charge on any atom is 0.338 e. The van der Waals surface area contributed by atoms with E-state index in [4.69, 9.17) is 20.5 Å². The maximum absolute atomic E-state index is 12.0. The molecule has 38 heavy (non-hydrogen) atoms. The smallest absolute Gasteiger partial charge is 0.338 e. The van der Waals surface area contributed by atoms with Crippen LogP contribution in [0.3, 0.4) is 0 Å². The number of esters is 1. The summed E-state index contributed by atoms with van der Waals surface area (Å²) in [5.74, 6) is -0.296. The third-order valence-electron chi connectivity index (χ3n) is 7.39. The summed E-state index contributed by atoms with van der Waals surface area (Å²) in [5.41, 5.74) is 5.27. The Morgan fingerprint density at radius 1 is 1.03 bits per heavy atom. The summed E-state index contributed by atoms with van der Waals surface area (Å²) in [6.07, 6.45) is 3.63. The Labute approximate surface area is 231 Å². The lowest BCUT2D eigenvalue weighted by Gasteiger charge is -2.40. The predicted molar refractivity (Wildman–Crippen MR) is 152 cm³/mol. The van der Waals surface area contributed by atoms with E-state index in [2.05, 4.69) is 28.9 Å². The first-order valence-electron chi connectivity index (χ1n) is 13.1. The molecule has 1 aliphatic carbocycles. The number of halogens is 1. The molecule has 1 atom stereocenters. The van der Waals surface area contributed by atoms with Crippen molar-refractivity contribution in [3.63, 3.8) is 0 Å². The quantitative estimate of drug-likeness (QED) is 0.306. The Bertz CT molecular complexity index is 1250. The molecule has 0 bridgehead atoms. The molecule has 0 aromatic heterocycles. The summed E-state index contributed by atoms with van der Waals surface area (Å²) < 4.78 is 33.7. The zero-order chi connectivity index (χ0) is 27.3. The molecule has 1 unspecified atom stereocenters. The molecule has 0 N–H and O–H groups in total. The Balaban J connectivity index is 1.45. The summed E-state index contributed by atoms with van der Waals surface area (Å²) in [6.45, 7) is 8.91. The summed E-state index contributed by atoms with van der Waals surface area (Å²) in [7, 11) is -3.49. The van der Waals surface area contributed by atoms with E-state index in [1.165, 1.54) is 16.7 Å². The van der Waals surface area contributed by atoms with Gasteiger partial charge in [-0.25, -0.2) is 4.79 Å². The second-order valence-electron chi connectivity index (χ2n) is 10.6. The SMILES string of the molecule is CCOC(=O)c1ccc(N2CCN(CC3=C(c4ccc(Cl)cc4)CCC(C)(COS(C)(=O)=O)C3)CC2)cc1. The summed E-state index contributed by atoms with van der Waals surface area (Å²) in [5, 5.41) is 0.713. The summed E-state index contributed by atoms with van der Waals surface area (Å²) >= 11 is 6.15. The van der Waals surface area contributed by atoms with Crippen LogP contribution in [0.5, 0.6) is 0 Å². The van der Waals surface area contributed by atoms with Crippen LogP contribution in [-0.2, 0) is 19.0 Å². The highest BCUT2D eigenvalue weighted by molar-refractivity contribution is 7.85. The largest absolute Gasteiger partial charge is 0.462 e. The molecule has 1 aliphatic heterocycles. The molecule has 1 fully saturated rings. The van der Waals surface area contributed by atoms with Crippen molar-refractivity contribution < 1.29 is 22.1 Å². The van der Waals surface area contributed by atoms with Crippen molar-refractivity contribution in [1.82, 2.24) is 4.90 Å². The Morgan fingerprint density at radius 2 is 1.68 bits per heavy atom. The van der Waals surface area contributed by atoms with E-state index < -0.39 is 10.1 Å². The minimum atomic E-state index is -3.49. The van der Waals surface area contributed by atoms with Gasteiger partial charge in [-0.2, -0.15) is 8.42 Å². The second-order valence-corrected chi connectivity index (χ2v) is 12.7. The highest BCUT2D eigenvalue weighted by atomic mass is 35.5. The van der Waals surface area contributed by atoms with Gasteiger partial charge >= 0.3 is 5.97 Å². The van der Waals surface area contributed by atoms with Crippen molar-refractivity contribution in [2.24, 2.45) is 5.41 Å². The molecule has 7 nitrogen and oxygen atoms in total. The highest BCUT2D eigenvalue weighted by Gasteiger charge is 2.34. The molecule has 2 aromatic rings. The zero-order valence-electron chi connectivity index (χ0n) is 22.4. The monoisotopic (exact) mass is 560 g/mol. The van der Waals surface area contributed by atoms with E-state index in [1.54, 1.807) is 6.92 Å². The standard InChI is InChI=1S/C29H37ClN2O5S/c1-4-36-28(33)23-7-11-26(12-8-23)32-17-15-31(16-18-32)20-24-19-29(2,21-37-38(3,34)35)14-13-27(24)22-5-9-25(30)10-6-22/h5-12H,4,13-21H2,1-3H3. The first-order chi connectivity index (χ1) is 18.0. The van der Waals surface area contributed by atoms with Crippen LogP contribution in [-0.4, -0.2) is 71.5 Å². The number of benzene rings is 2. The Kier molecular flexibility index (Phi) is 9.19. The predicted octanol–water partition coefficient (Wildman–Crippen LogP) is 5.26. The number of nitrogens with zero attached hydrogens (tertiary/aromatic N) is 2. The van der Waals surface area contributed by atoms with E-state index in [-0.39, 0.29) is 18.0 Å². The third-order valence-corrected chi connectivity index (χ3v) is 8.19. The van der Waals surface area contributed by atoms with Crippen LogP contribution in [0, 0.1) is 5.41 Å². The van der Waals surface area contributed by atoms with Crippen LogP contribution in [0.15, 0.2) is 54.1 Å². The van der Waals surface area contributed by atoms with Gasteiger partial charge in [0.15, 0.2) is 0 Å². The Hall–Kier alpha value is -2.39. The van der Waals surface area contributed by atoms with Crippen molar-refractivity contribution in [3.8, 4) is 0 Å². The van der Waals surface area contributed by atoms with Crippen LogP contribution in [0.4, 0.5) is 5.69 Å². The number of anilines is 1. The van der Waals surface area contributed by atoms with E-state index >= 15 is 0 Å². The van der Waals surface area contributed by atoms with Gasteiger partial charge in [-0.1, -0.05) is 36.2 Å². The molecule has 9 heteroatoms. The molecular weight excluding hydrogens is 524 g/mol. The molecule has 0 spiro atoms. The average Bonchev–Trinajstić information content (AvgIpc) is 2.89. The van der Waals surface area contributed by atoms with Crippen LogP contribution in [0.25, 0.3) is 5.57 Å². The molecule has 0 amide bonds. The fraction of sp³-hybridized carbons (Fsp3) is 0.483. The van der Waals surface area contributed by atoms with Crippen LogP contribution < -0.4 is 4.90 Å². The lowest BCUT2D eigenvalue weighted by Crippen LogP contribution is -2.47. The third kappa shape index (κ3) is 7.59. The number of hydrogen-bond acceptors (Lipinski definition) is 7. The molecule has 1 heterocycles. The number of piperazine rings is 1. The van der Waals surface area contributed by atoms with Gasteiger partial charge in [0.1, 0.15) is 0 Å². The van der Waals surface area contributed by atoms with Crippen molar-refractivity contribution in [2.75, 3.05) is 57.1 Å². The fourth-order valence-electron chi connectivity index (χ4n) is 5.29. The second kappa shape index (κ2) is 12.2. The lowest BCUT2D eigenvalue weighted by molar-refractivity contribution is 0.0526. The van der Waals surface area contributed by atoms with Gasteiger partial charge in [0, 0.05) is 43.4 Å². The average molecular weight is 561 g/mol. The summed E-state index contributed by atoms with van der Waals surface area (Å²) in [6, 6.07) is 15.6. The number of carbonyl (C=O) groups excluding carboxylic acids is 1. The molecule has 206 valence electrons. The molecule has 0 saturated carbocycles. The van der Waals surface area contributed by atoms with Gasteiger partial charge in [-0.05, 0) is 79.1 Å². The molecule has 4 rings (SSSR count). The Morgan fingerprint density at radius 3 is 2.29 bits per heavy atom. The molecule has 2 aromatic carbocycles. The number of allylic oxidation sites excluding steroid dienone is 1. The van der Waals surface area contributed by atoms with Crippen molar-refractivity contribution in [1.29, 1.82) is 0 Å². The molecule has 0 radical (unpaired) electrons. The number of ether oxygens (including phenoxy) is 1. The number of rotatable bonds is 9.